The van der Waals surface area contributed by atoms with Crippen molar-refractivity contribution in [2.75, 3.05) is 11.9 Å². The lowest BCUT2D eigenvalue weighted by atomic mass is 9.74. The Kier molecular flexibility index (Phi) is 5.17. The van der Waals surface area contributed by atoms with Crippen LogP contribution in [-0.2, 0) is 0 Å². The number of hydrogen-bond acceptors (Lipinski definition) is 9. The summed E-state index contributed by atoms with van der Waals surface area (Å²) in [4.78, 5) is 10.0. The number of phenols is 1. The number of fused-ring (bicyclic) bond motifs is 2. The van der Waals surface area contributed by atoms with Crippen LogP contribution in [0.1, 0.15) is 38.4 Å². The summed E-state index contributed by atoms with van der Waals surface area (Å²) in [6, 6.07) is 6.24. The number of alkyl halides is 1. The summed E-state index contributed by atoms with van der Waals surface area (Å²) in [7, 11) is 1.83. The van der Waals surface area contributed by atoms with E-state index in [1.807, 2.05) is 18.0 Å². The van der Waals surface area contributed by atoms with Gasteiger partial charge in [-0.1, -0.05) is 0 Å². The molecular formula is C22H24FN9O. The number of hydrogen-bond donors (Lipinski definition) is 2. The quantitative estimate of drug-likeness (QED) is 0.615. The van der Waals surface area contributed by atoms with Gasteiger partial charge in [0.2, 0.25) is 0 Å². The molecule has 4 heterocycles. The Morgan fingerprint density at radius 3 is 2.88 bits per heavy atom. The summed E-state index contributed by atoms with van der Waals surface area (Å²) in [5.74, 6) is 0.705. The van der Waals surface area contributed by atoms with Gasteiger partial charge in [-0.3, -0.25) is 0 Å². The van der Waals surface area contributed by atoms with Crippen molar-refractivity contribution in [3.8, 4) is 28.9 Å². The summed E-state index contributed by atoms with van der Waals surface area (Å²) >= 11 is 0. The number of phenolic OH excluding ortho intramolecular Hbond substituents is 1. The average molecular weight is 449 g/mol. The molecule has 0 amide bonds. The topological polar surface area (TPSA) is 129 Å². The molecule has 3 aromatic rings. The van der Waals surface area contributed by atoms with E-state index in [0.29, 0.717) is 23.5 Å². The number of anilines is 1. The maximum absolute atomic E-state index is 15.2. The number of aromatic hydroxyl groups is 1. The molecule has 33 heavy (non-hydrogen) atoms. The lowest BCUT2D eigenvalue weighted by Gasteiger charge is -2.51. The molecule has 2 fully saturated rings. The maximum atomic E-state index is 15.2. The van der Waals surface area contributed by atoms with Crippen LogP contribution < -0.4 is 10.2 Å². The van der Waals surface area contributed by atoms with Crippen LogP contribution in [0, 0.1) is 11.3 Å². The van der Waals surface area contributed by atoms with Gasteiger partial charge in [-0.05, 0) is 44.7 Å². The van der Waals surface area contributed by atoms with Crippen molar-refractivity contribution in [2.24, 2.45) is 0 Å². The van der Waals surface area contributed by atoms with Gasteiger partial charge in [0, 0.05) is 24.7 Å². The zero-order chi connectivity index (χ0) is 23.2. The van der Waals surface area contributed by atoms with Gasteiger partial charge in [0.25, 0.3) is 5.82 Å². The lowest BCUT2D eigenvalue weighted by Crippen LogP contribution is -2.66. The zero-order valence-corrected chi connectivity index (χ0v) is 18.4. The van der Waals surface area contributed by atoms with Crippen molar-refractivity contribution in [3.05, 3.63) is 36.5 Å². The van der Waals surface area contributed by atoms with Gasteiger partial charge < -0.3 is 15.3 Å². The van der Waals surface area contributed by atoms with Crippen LogP contribution in [0.5, 0.6) is 5.75 Å². The normalized spacial score (nSPS) is 26.5. The molecule has 4 atom stereocenters. The number of nitrogens with one attached hydrogen (secondary N) is 1. The van der Waals surface area contributed by atoms with Crippen molar-refractivity contribution in [1.29, 1.82) is 5.26 Å². The molecule has 0 unspecified atom stereocenters. The molecule has 2 bridgehead atoms. The number of nitriles is 1. The van der Waals surface area contributed by atoms with Gasteiger partial charge in [0.15, 0.2) is 11.6 Å². The molecule has 0 spiro atoms. The fraction of sp³-hybridized carbons (Fsp3) is 0.455. The van der Waals surface area contributed by atoms with Gasteiger partial charge in [0.05, 0.1) is 23.5 Å². The molecule has 2 aliphatic heterocycles. The third-order valence-electron chi connectivity index (χ3n) is 6.68. The number of nitrogens with zero attached hydrogens (tertiary/aromatic N) is 8. The minimum atomic E-state index is -1.00. The van der Waals surface area contributed by atoms with E-state index in [9.17, 15) is 5.11 Å². The summed E-state index contributed by atoms with van der Waals surface area (Å²) in [6.45, 7) is 2.16. The summed E-state index contributed by atoms with van der Waals surface area (Å²) in [6.07, 6.45) is 5.54. The van der Waals surface area contributed by atoms with Crippen LogP contribution >= 0.6 is 0 Å². The largest absolute Gasteiger partial charge is 0.507 e. The number of benzene rings is 1. The highest BCUT2D eigenvalue weighted by molar-refractivity contribution is 5.66. The molecule has 0 aliphatic carbocycles. The van der Waals surface area contributed by atoms with Crippen LogP contribution in [0.3, 0.4) is 0 Å². The zero-order valence-electron chi connectivity index (χ0n) is 18.4. The molecule has 2 N–H and O–H groups in total. The van der Waals surface area contributed by atoms with Crippen molar-refractivity contribution < 1.29 is 9.50 Å². The number of halogens is 1. The van der Waals surface area contributed by atoms with Crippen molar-refractivity contribution in [2.45, 2.75) is 56.4 Å². The summed E-state index contributed by atoms with van der Waals surface area (Å²) in [5, 5.41) is 35.3. The molecule has 2 aromatic heterocycles. The van der Waals surface area contributed by atoms with Gasteiger partial charge >= 0.3 is 0 Å². The Labute approximate surface area is 190 Å². The van der Waals surface area contributed by atoms with Gasteiger partial charge in [-0.25, -0.2) is 19.0 Å². The number of rotatable bonds is 4. The predicted octanol–water partition coefficient (Wildman–Crippen LogP) is 2.14. The van der Waals surface area contributed by atoms with Gasteiger partial charge in [-0.15, -0.1) is 15.3 Å². The second-order valence-electron chi connectivity index (χ2n) is 9.00. The van der Waals surface area contributed by atoms with Crippen molar-refractivity contribution in [3.63, 3.8) is 0 Å². The maximum Gasteiger partial charge on any atom is 0.252 e. The van der Waals surface area contributed by atoms with E-state index in [1.165, 1.54) is 17.1 Å². The predicted molar refractivity (Wildman–Crippen MR) is 117 cm³/mol. The lowest BCUT2D eigenvalue weighted by molar-refractivity contribution is 0.0607. The van der Waals surface area contributed by atoms with Gasteiger partial charge in [0.1, 0.15) is 24.3 Å². The first kappa shape index (κ1) is 21.2. The number of piperidine rings is 2. The minimum Gasteiger partial charge on any atom is -0.507 e. The van der Waals surface area contributed by atoms with Crippen molar-refractivity contribution >= 4 is 5.82 Å². The number of aromatic nitrogens is 6. The van der Waals surface area contributed by atoms with Crippen LogP contribution in [0.2, 0.25) is 0 Å². The highest BCUT2D eigenvalue weighted by Crippen LogP contribution is 2.38. The Balaban J connectivity index is 1.36. The van der Waals surface area contributed by atoms with Crippen LogP contribution in [0.15, 0.2) is 30.7 Å². The van der Waals surface area contributed by atoms with E-state index >= 15 is 4.39 Å². The third kappa shape index (κ3) is 3.87. The van der Waals surface area contributed by atoms with E-state index in [2.05, 4.69) is 37.5 Å². The minimum absolute atomic E-state index is 0.0349. The molecule has 11 heteroatoms. The second kappa shape index (κ2) is 8.04. The first-order chi connectivity index (χ1) is 15.9. The monoisotopic (exact) mass is 449 g/mol. The molecule has 0 radical (unpaired) electrons. The van der Waals surface area contributed by atoms with E-state index in [0.717, 1.165) is 19.3 Å². The Morgan fingerprint density at radius 1 is 1.33 bits per heavy atom. The van der Waals surface area contributed by atoms with E-state index in [4.69, 9.17) is 5.26 Å². The smallest absolute Gasteiger partial charge is 0.252 e. The molecule has 1 aromatic carbocycles. The van der Waals surface area contributed by atoms with Crippen LogP contribution in [-0.4, -0.2) is 65.9 Å². The van der Waals surface area contributed by atoms with Crippen molar-refractivity contribution in [1.82, 2.24) is 35.3 Å². The molecule has 0 saturated carbocycles. The van der Waals surface area contributed by atoms with Gasteiger partial charge in [-0.2, -0.15) is 5.26 Å². The standard InChI is InChI=1S/C22H24FN9O/c1-22-7-3-4-15(27-22)20(23)16(9-22)31(2)19-11-25-21(29-28-19)14-6-5-13(8-17(14)33)32-12-26-18(10-24)30-32/h5-6,8,11-12,15-16,20,27,33H,3-4,7,9H2,1-2H3/t15-,16-,20+,22-/m0/s1. The highest BCUT2D eigenvalue weighted by Gasteiger charge is 2.47. The van der Waals surface area contributed by atoms with E-state index in [1.54, 1.807) is 18.3 Å². The molecular weight excluding hydrogens is 425 g/mol. The Morgan fingerprint density at radius 2 is 2.18 bits per heavy atom. The molecule has 170 valence electrons. The molecule has 2 saturated heterocycles. The first-order valence-electron chi connectivity index (χ1n) is 10.9. The Bertz CT molecular complexity index is 1210. The van der Waals surface area contributed by atoms with Crippen LogP contribution in [0.4, 0.5) is 10.2 Å². The molecule has 10 nitrogen and oxygen atoms in total. The summed E-state index contributed by atoms with van der Waals surface area (Å²) in [5.41, 5.74) is 0.860. The molecule has 2 aliphatic rings. The first-order valence-corrected chi connectivity index (χ1v) is 10.9. The molecule has 5 rings (SSSR count). The fourth-order valence-corrected chi connectivity index (χ4v) is 4.91. The van der Waals surface area contributed by atoms with Crippen LogP contribution in [0.25, 0.3) is 17.1 Å². The fourth-order valence-electron chi connectivity index (χ4n) is 4.91. The second-order valence-corrected chi connectivity index (χ2v) is 9.00. The highest BCUT2D eigenvalue weighted by atomic mass is 19.1. The SMILES string of the molecule is CN(c1cnc(-c2ccc(-n3cnc(C#N)n3)cc2O)nn1)[C@H]1C[C@]2(C)CCC[C@H](N2)[C@H]1F. The Hall–Kier alpha value is -3.65. The summed E-state index contributed by atoms with van der Waals surface area (Å²) < 4.78 is 16.6. The van der Waals surface area contributed by atoms with E-state index < -0.39 is 6.17 Å². The third-order valence-corrected chi connectivity index (χ3v) is 6.68. The average Bonchev–Trinajstić information content (AvgIpc) is 3.31. The van der Waals surface area contributed by atoms with E-state index in [-0.39, 0.29) is 35.0 Å².